The average molecular weight is 268 g/mol. The van der Waals surface area contributed by atoms with Crippen LogP contribution in [0, 0.1) is 5.92 Å². The molecule has 1 heterocycles. The van der Waals surface area contributed by atoms with Crippen molar-refractivity contribution in [1.29, 1.82) is 0 Å². The van der Waals surface area contributed by atoms with E-state index in [2.05, 4.69) is 0 Å². The molecule has 94 valence electrons. The maximum atomic E-state index is 12.0. The van der Waals surface area contributed by atoms with Crippen molar-refractivity contribution in [2.45, 2.75) is 19.8 Å². The predicted octanol–water partition coefficient (Wildman–Crippen LogP) is 0.898. The van der Waals surface area contributed by atoms with Gasteiger partial charge in [-0.1, -0.05) is 0 Å². The van der Waals surface area contributed by atoms with Crippen molar-refractivity contribution in [2.24, 2.45) is 5.92 Å². The van der Waals surface area contributed by atoms with Crippen LogP contribution in [0.1, 0.15) is 19.8 Å². The molecule has 0 aromatic rings. The van der Waals surface area contributed by atoms with Crippen molar-refractivity contribution < 1.29 is 13.2 Å². The maximum Gasteiger partial charge on any atom is 0.226 e. The zero-order valence-electron chi connectivity index (χ0n) is 9.49. The Bertz CT molecular complexity index is 342. The van der Waals surface area contributed by atoms with E-state index in [1.165, 1.54) is 0 Å². The standard InChI is InChI=1S/C10H18ClNO3S/c1-2-12(6-3-5-11)10(13)9-4-7-16(14,15)8-9/h9H,2-8H2,1H3. The summed E-state index contributed by atoms with van der Waals surface area (Å²) in [5, 5.41) is 0. The van der Waals surface area contributed by atoms with Crippen LogP contribution >= 0.6 is 11.6 Å². The van der Waals surface area contributed by atoms with Crippen molar-refractivity contribution in [3.05, 3.63) is 0 Å². The second-order valence-electron chi connectivity index (χ2n) is 4.06. The first-order valence-electron chi connectivity index (χ1n) is 5.55. The van der Waals surface area contributed by atoms with Gasteiger partial charge in [-0.2, -0.15) is 0 Å². The third kappa shape index (κ3) is 3.63. The number of amides is 1. The monoisotopic (exact) mass is 267 g/mol. The Kier molecular flexibility index (Phi) is 5.05. The van der Waals surface area contributed by atoms with Crippen molar-refractivity contribution in [3.63, 3.8) is 0 Å². The molecule has 0 N–H and O–H groups in total. The lowest BCUT2D eigenvalue weighted by atomic mass is 10.1. The van der Waals surface area contributed by atoms with Gasteiger partial charge in [-0.05, 0) is 19.8 Å². The molecule has 0 spiro atoms. The van der Waals surface area contributed by atoms with Gasteiger partial charge in [0.1, 0.15) is 0 Å². The Morgan fingerprint density at radius 1 is 1.50 bits per heavy atom. The molecule has 0 bridgehead atoms. The van der Waals surface area contributed by atoms with Gasteiger partial charge in [-0.15, -0.1) is 11.6 Å². The van der Waals surface area contributed by atoms with Gasteiger partial charge in [0.25, 0.3) is 0 Å². The van der Waals surface area contributed by atoms with Crippen LogP contribution < -0.4 is 0 Å². The van der Waals surface area contributed by atoms with E-state index >= 15 is 0 Å². The minimum Gasteiger partial charge on any atom is -0.343 e. The van der Waals surface area contributed by atoms with Crippen molar-refractivity contribution in [3.8, 4) is 0 Å². The van der Waals surface area contributed by atoms with Gasteiger partial charge in [0.15, 0.2) is 9.84 Å². The molecule has 1 unspecified atom stereocenters. The van der Waals surface area contributed by atoms with Crippen LogP contribution in [0.25, 0.3) is 0 Å². The molecule has 1 atom stereocenters. The van der Waals surface area contributed by atoms with E-state index in [4.69, 9.17) is 11.6 Å². The molecular weight excluding hydrogens is 250 g/mol. The third-order valence-corrected chi connectivity index (χ3v) is 4.87. The normalized spacial score (nSPS) is 23.2. The lowest BCUT2D eigenvalue weighted by Crippen LogP contribution is -2.37. The largest absolute Gasteiger partial charge is 0.343 e. The molecule has 1 fully saturated rings. The molecule has 0 aromatic carbocycles. The van der Waals surface area contributed by atoms with Crippen LogP contribution in [-0.4, -0.2) is 49.7 Å². The minimum atomic E-state index is -2.98. The minimum absolute atomic E-state index is 0.0171. The van der Waals surface area contributed by atoms with Gasteiger partial charge in [0, 0.05) is 19.0 Å². The second kappa shape index (κ2) is 5.87. The number of nitrogens with zero attached hydrogens (tertiary/aromatic N) is 1. The highest BCUT2D eigenvalue weighted by atomic mass is 35.5. The van der Waals surface area contributed by atoms with E-state index in [0.717, 1.165) is 6.42 Å². The lowest BCUT2D eigenvalue weighted by molar-refractivity contribution is -0.134. The quantitative estimate of drug-likeness (QED) is 0.696. The Morgan fingerprint density at radius 3 is 2.62 bits per heavy atom. The Morgan fingerprint density at radius 2 is 2.19 bits per heavy atom. The van der Waals surface area contributed by atoms with Crippen LogP contribution in [0.15, 0.2) is 0 Å². The fourth-order valence-electron chi connectivity index (χ4n) is 1.92. The number of rotatable bonds is 5. The summed E-state index contributed by atoms with van der Waals surface area (Å²) in [5.41, 5.74) is 0. The van der Waals surface area contributed by atoms with E-state index in [1.54, 1.807) is 4.90 Å². The van der Waals surface area contributed by atoms with Gasteiger partial charge in [-0.25, -0.2) is 8.42 Å². The summed E-state index contributed by atoms with van der Waals surface area (Å²) in [6.45, 7) is 3.14. The van der Waals surface area contributed by atoms with Gasteiger partial charge >= 0.3 is 0 Å². The molecule has 0 saturated carbocycles. The molecule has 1 rings (SSSR count). The molecule has 0 radical (unpaired) electrons. The second-order valence-corrected chi connectivity index (χ2v) is 6.67. The summed E-state index contributed by atoms with van der Waals surface area (Å²) in [4.78, 5) is 13.7. The molecule has 0 aromatic heterocycles. The van der Waals surface area contributed by atoms with Crippen LogP contribution in [0.5, 0.6) is 0 Å². The van der Waals surface area contributed by atoms with Crippen molar-refractivity contribution >= 4 is 27.3 Å². The summed E-state index contributed by atoms with van der Waals surface area (Å²) in [6, 6.07) is 0. The van der Waals surface area contributed by atoms with Crippen molar-refractivity contribution in [1.82, 2.24) is 4.90 Å². The molecule has 4 nitrogen and oxygen atoms in total. The average Bonchev–Trinajstić information content (AvgIpc) is 2.59. The van der Waals surface area contributed by atoms with Crippen LogP contribution in [0.3, 0.4) is 0 Å². The Balaban J connectivity index is 2.55. The van der Waals surface area contributed by atoms with E-state index in [9.17, 15) is 13.2 Å². The summed E-state index contributed by atoms with van der Waals surface area (Å²) in [6.07, 6.45) is 1.22. The van der Waals surface area contributed by atoms with Gasteiger partial charge in [-0.3, -0.25) is 4.79 Å². The smallest absolute Gasteiger partial charge is 0.226 e. The van der Waals surface area contributed by atoms with Gasteiger partial charge in [0.2, 0.25) is 5.91 Å². The fraction of sp³-hybridized carbons (Fsp3) is 0.900. The summed E-state index contributed by atoms with van der Waals surface area (Å²) in [5.74, 6) is 0.320. The lowest BCUT2D eigenvalue weighted by Gasteiger charge is -2.23. The summed E-state index contributed by atoms with van der Waals surface area (Å²) >= 11 is 5.58. The number of hydrogen-bond donors (Lipinski definition) is 0. The summed E-state index contributed by atoms with van der Waals surface area (Å²) < 4.78 is 22.6. The highest BCUT2D eigenvalue weighted by Gasteiger charge is 2.34. The highest BCUT2D eigenvalue weighted by Crippen LogP contribution is 2.20. The number of halogens is 1. The van der Waals surface area contributed by atoms with Crippen molar-refractivity contribution in [2.75, 3.05) is 30.5 Å². The van der Waals surface area contributed by atoms with Crippen LogP contribution in [0.2, 0.25) is 0 Å². The Labute approximate surface area is 102 Å². The number of carbonyl (C=O) groups excluding carboxylic acids is 1. The molecule has 1 saturated heterocycles. The van der Waals surface area contributed by atoms with Gasteiger partial charge in [0.05, 0.1) is 17.4 Å². The zero-order valence-corrected chi connectivity index (χ0v) is 11.1. The number of carbonyl (C=O) groups is 1. The first-order valence-corrected chi connectivity index (χ1v) is 7.91. The zero-order chi connectivity index (χ0) is 12.2. The number of hydrogen-bond acceptors (Lipinski definition) is 3. The van der Waals surface area contributed by atoms with E-state index in [0.29, 0.717) is 25.4 Å². The topological polar surface area (TPSA) is 54.5 Å². The Hall–Kier alpha value is -0.290. The third-order valence-electron chi connectivity index (χ3n) is 2.84. The molecule has 16 heavy (non-hydrogen) atoms. The molecule has 1 aliphatic heterocycles. The molecule has 1 aliphatic rings. The highest BCUT2D eigenvalue weighted by molar-refractivity contribution is 7.91. The maximum absolute atomic E-state index is 12.0. The molecule has 1 amide bonds. The van der Waals surface area contributed by atoms with Crippen LogP contribution in [-0.2, 0) is 14.6 Å². The molecular formula is C10H18ClNO3S. The van der Waals surface area contributed by atoms with Crippen LogP contribution in [0.4, 0.5) is 0 Å². The predicted molar refractivity (Wildman–Crippen MR) is 64.4 cm³/mol. The first-order chi connectivity index (χ1) is 7.50. The SMILES string of the molecule is CCN(CCCCl)C(=O)C1CCS(=O)(=O)C1. The van der Waals surface area contributed by atoms with E-state index in [-0.39, 0.29) is 23.3 Å². The van der Waals surface area contributed by atoms with E-state index < -0.39 is 9.84 Å². The first kappa shape index (κ1) is 13.8. The van der Waals surface area contributed by atoms with Gasteiger partial charge < -0.3 is 4.90 Å². The molecule has 6 heteroatoms. The molecule has 0 aliphatic carbocycles. The fourth-order valence-corrected chi connectivity index (χ4v) is 3.77. The van der Waals surface area contributed by atoms with E-state index in [1.807, 2.05) is 6.92 Å². The number of sulfone groups is 1. The summed E-state index contributed by atoms with van der Waals surface area (Å²) in [7, 11) is -2.98. The number of alkyl halides is 1.